The first-order chi connectivity index (χ1) is 8.02. The summed E-state index contributed by atoms with van der Waals surface area (Å²) in [7, 11) is 3.85. The summed E-state index contributed by atoms with van der Waals surface area (Å²) in [6.45, 7) is 4.90. The molecule has 0 saturated heterocycles. The van der Waals surface area contributed by atoms with Gasteiger partial charge in [-0.05, 0) is 25.6 Å². The molecule has 1 unspecified atom stereocenters. The summed E-state index contributed by atoms with van der Waals surface area (Å²) in [4.78, 5) is 14.1. The van der Waals surface area contributed by atoms with Crippen molar-refractivity contribution in [3.05, 3.63) is 35.9 Å². The van der Waals surface area contributed by atoms with Crippen LogP contribution in [-0.4, -0.2) is 31.4 Å². The minimum absolute atomic E-state index is 0.0647. The molecule has 0 radical (unpaired) electrons. The van der Waals surface area contributed by atoms with Crippen molar-refractivity contribution in [3.8, 4) is 0 Å². The van der Waals surface area contributed by atoms with Gasteiger partial charge in [0.15, 0.2) is 0 Å². The Morgan fingerprint density at radius 1 is 1.24 bits per heavy atom. The zero-order valence-corrected chi connectivity index (χ0v) is 11.1. The van der Waals surface area contributed by atoms with Crippen molar-refractivity contribution in [1.82, 2.24) is 10.2 Å². The summed E-state index contributed by atoms with van der Waals surface area (Å²) in [5.41, 5.74) is 1.03. The zero-order chi connectivity index (χ0) is 12.8. The fourth-order valence-electron chi connectivity index (χ4n) is 1.72. The summed E-state index contributed by atoms with van der Waals surface area (Å²) in [6.07, 6.45) is 0. The number of rotatable bonds is 5. The lowest BCUT2D eigenvalue weighted by Gasteiger charge is -2.24. The highest BCUT2D eigenvalue weighted by atomic mass is 16.2. The van der Waals surface area contributed by atoms with Gasteiger partial charge in [0.1, 0.15) is 6.04 Å². The molecule has 0 spiro atoms. The zero-order valence-electron chi connectivity index (χ0n) is 11.1. The molecule has 0 bridgehead atoms. The van der Waals surface area contributed by atoms with Gasteiger partial charge in [-0.3, -0.25) is 9.69 Å². The lowest BCUT2D eigenvalue weighted by Crippen LogP contribution is -2.38. The minimum atomic E-state index is -0.213. The molecular weight excluding hydrogens is 212 g/mol. The van der Waals surface area contributed by atoms with Crippen LogP contribution in [0.15, 0.2) is 30.3 Å². The van der Waals surface area contributed by atoms with Gasteiger partial charge < -0.3 is 5.32 Å². The largest absolute Gasteiger partial charge is 0.354 e. The predicted octanol–water partition coefficient (Wildman–Crippen LogP) is 2.06. The van der Waals surface area contributed by atoms with E-state index in [1.165, 1.54) is 0 Å². The third-order valence-electron chi connectivity index (χ3n) is 2.56. The van der Waals surface area contributed by atoms with E-state index in [1.807, 2.05) is 49.3 Å². The third kappa shape index (κ3) is 4.19. The molecule has 3 nitrogen and oxygen atoms in total. The van der Waals surface area contributed by atoms with Crippen molar-refractivity contribution in [2.45, 2.75) is 19.9 Å². The van der Waals surface area contributed by atoms with Crippen LogP contribution in [-0.2, 0) is 4.79 Å². The van der Waals surface area contributed by atoms with Crippen LogP contribution in [0.5, 0.6) is 0 Å². The Morgan fingerprint density at radius 3 is 2.29 bits per heavy atom. The molecular formula is C14H22N2O. The van der Waals surface area contributed by atoms with E-state index in [0.29, 0.717) is 5.92 Å². The molecule has 1 atom stereocenters. The van der Waals surface area contributed by atoms with Crippen LogP contribution >= 0.6 is 0 Å². The Hall–Kier alpha value is -1.35. The molecule has 94 valence electrons. The highest BCUT2D eigenvalue weighted by Gasteiger charge is 2.22. The van der Waals surface area contributed by atoms with E-state index >= 15 is 0 Å². The Labute approximate surface area is 104 Å². The average molecular weight is 234 g/mol. The molecule has 0 aromatic heterocycles. The van der Waals surface area contributed by atoms with Gasteiger partial charge in [0, 0.05) is 6.54 Å². The molecule has 1 aromatic rings. The second-order valence-electron chi connectivity index (χ2n) is 4.92. The Bertz CT molecular complexity index is 346. The van der Waals surface area contributed by atoms with Crippen LogP contribution in [0.4, 0.5) is 0 Å². The molecule has 17 heavy (non-hydrogen) atoms. The number of hydrogen-bond donors (Lipinski definition) is 1. The monoisotopic (exact) mass is 234 g/mol. The quantitative estimate of drug-likeness (QED) is 0.846. The summed E-state index contributed by atoms with van der Waals surface area (Å²) >= 11 is 0. The summed E-state index contributed by atoms with van der Waals surface area (Å²) in [6, 6.07) is 9.64. The molecule has 1 rings (SSSR count). The molecule has 1 amide bonds. The number of carbonyl (C=O) groups is 1. The summed E-state index contributed by atoms with van der Waals surface area (Å²) < 4.78 is 0. The number of benzene rings is 1. The smallest absolute Gasteiger partial charge is 0.241 e. The van der Waals surface area contributed by atoms with Crippen LogP contribution in [0.2, 0.25) is 0 Å². The number of hydrogen-bond acceptors (Lipinski definition) is 2. The first-order valence-electron chi connectivity index (χ1n) is 6.01. The number of likely N-dealkylation sites (N-methyl/N-ethyl adjacent to an activating group) is 1. The van der Waals surface area contributed by atoms with E-state index in [2.05, 4.69) is 19.2 Å². The van der Waals surface area contributed by atoms with E-state index in [4.69, 9.17) is 0 Å². The van der Waals surface area contributed by atoms with Gasteiger partial charge in [-0.1, -0.05) is 44.2 Å². The van der Waals surface area contributed by atoms with Crippen molar-refractivity contribution < 1.29 is 4.79 Å². The van der Waals surface area contributed by atoms with Gasteiger partial charge in [0.2, 0.25) is 5.91 Å². The van der Waals surface area contributed by atoms with Gasteiger partial charge in [-0.25, -0.2) is 0 Å². The maximum atomic E-state index is 12.1. The van der Waals surface area contributed by atoms with E-state index < -0.39 is 0 Å². The molecule has 0 heterocycles. The van der Waals surface area contributed by atoms with E-state index in [1.54, 1.807) is 0 Å². The minimum Gasteiger partial charge on any atom is -0.354 e. The van der Waals surface area contributed by atoms with Gasteiger partial charge in [-0.2, -0.15) is 0 Å². The van der Waals surface area contributed by atoms with Gasteiger partial charge in [0.05, 0.1) is 0 Å². The third-order valence-corrected chi connectivity index (χ3v) is 2.56. The number of nitrogens with zero attached hydrogens (tertiary/aromatic N) is 1. The molecule has 0 aliphatic heterocycles. The van der Waals surface area contributed by atoms with Crippen LogP contribution in [0.3, 0.4) is 0 Å². The summed E-state index contributed by atoms with van der Waals surface area (Å²) in [5, 5.41) is 2.98. The fraction of sp³-hybridized carbons (Fsp3) is 0.500. The number of amides is 1. The molecule has 0 fully saturated rings. The van der Waals surface area contributed by atoms with Crippen LogP contribution in [0, 0.1) is 5.92 Å². The Balaban J connectivity index is 2.76. The lowest BCUT2D eigenvalue weighted by molar-refractivity contribution is -0.125. The second-order valence-corrected chi connectivity index (χ2v) is 4.92. The standard InChI is InChI=1S/C14H22N2O/c1-11(2)10-15-14(17)13(16(3)4)12-8-6-5-7-9-12/h5-9,11,13H,10H2,1-4H3,(H,15,17). The van der Waals surface area contributed by atoms with E-state index in [-0.39, 0.29) is 11.9 Å². The van der Waals surface area contributed by atoms with Crippen molar-refractivity contribution >= 4 is 5.91 Å². The number of carbonyl (C=O) groups excluding carboxylic acids is 1. The van der Waals surface area contributed by atoms with Crippen molar-refractivity contribution in [2.24, 2.45) is 5.92 Å². The Morgan fingerprint density at radius 2 is 1.82 bits per heavy atom. The maximum Gasteiger partial charge on any atom is 0.241 e. The van der Waals surface area contributed by atoms with Crippen LogP contribution < -0.4 is 5.32 Å². The van der Waals surface area contributed by atoms with Crippen molar-refractivity contribution in [3.63, 3.8) is 0 Å². The first kappa shape index (κ1) is 13.7. The van der Waals surface area contributed by atoms with Gasteiger partial charge in [-0.15, -0.1) is 0 Å². The first-order valence-corrected chi connectivity index (χ1v) is 6.01. The molecule has 0 aliphatic rings. The predicted molar refractivity (Wildman–Crippen MR) is 70.7 cm³/mol. The number of nitrogens with one attached hydrogen (secondary N) is 1. The normalized spacial score (nSPS) is 12.8. The molecule has 3 heteroatoms. The SMILES string of the molecule is CC(C)CNC(=O)C(c1ccccc1)N(C)C. The molecule has 1 N–H and O–H groups in total. The van der Waals surface area contributed by atoms with Crippen molar-refractivity contribution in [2.75, 3.05) is 20.6 Å². The highest BCUT2D eigenvalue weighted by Crippen LogP contribution is 2.17. The lowest BCUT2D eigenvalue weighted by atomic mass is 10.1. The summed E-state index contributed by atoms with van der Waals surface area (Å²) in [5.74, 6) is 0.535. The highest BCUT2D eigenvalue weighted by molar-refractivity contribution is 5.83. The van der Waals surface area contributed by atoms with Crippen LogP contribution in [0.1, 0.15) is 25.5 Å². The Kier molecular flexibility index (Phi) is 5.16. The fourth-order valence-corrected chi connectivity index (χ4v) is 1.72. The molecule has 0 saturated carbocycles. The second kappa shape index (κ2) is 6.40. The van der Waals surface area contributed by atoms with E-state index in [0.717, 1.165) is 12.1 Å². The van der Waals surface area contributed by atoms with E-state index in [9.17, 15) is 4.79 Å². The van der Waals surface area contributed by atoms with Crippen LogP contribution in [0.25, 0.3) is 0 Å². The topological polar surface area (TPSA) is 32.3 Å². The van der Waals surface area contributed by atoms with Gasteiger partial charge >= 0.3 is 0 Å². The van der Waals surface area contributed by atoms with Crippen molar-refractivity contribution in [1.29, 1.82) is 0 Å². The van der Waals surface area contributed by atoms with Gasteiger partial charge in [0.25, 0.3) is 0 Å². The maximum absolute atomic E-state index is 12.1. The molecule has 0 aliphatic carbocycles. The average Bonchev–Trinajstić information content (AvgIpc) is 2.27. The molecule has 1 aromatic carbocycles.